The van der Waals surface area contributed by atoms with Gasteiger partial charge in [0.25, 0.3) is 0 Å². The third-order valence-corrected chi connectivity index (χ3v) is 3.07. The van der Waals surface area contributed by atoms with Crippen LogP contribution in [0, 0.1) is 18.3 Å². The van der Waals surface area contributed by atoms with E-state index in [0.29, 0.717) is 5.56 Å². The van der Waals surface area contributed by atoms with Crippen molar-refractivity contribution in [1.82, 2.24) is 14.9 Å². The Morgan fingerprint density at radius 3 is 2.95 bits per heavy atom. The smallest absolute Gasteiger partial charge is 0.0991 e. The predicted octanol–water partition coefficient (Wildman–Crippen LogP) is 2.22. The molecular weight excluding hydrogens is 236 g/mol. The molecule has 2 aromatic rings. The van der Waals surface area contributed by atoms with Crippen molar-refractivity contribution in [3.8, 4) is 6.07 Å². The molecule has 0 amide bonds. The first-order valence-electron chi connectivity index (χ1n) is 6.44. The van der Waals surface area contributed by atoms with Gasteiger partial charge in [-0.15, -0.1) is 0 Å². The minimum Gasteiger partial charge on any atom is -0.333 e. The average Bonchev–Trinajstić information content (AvgIpc) is 2.86. The average molecular weight is 254 g/mol. The SMILES string of the molecule is CCNCc1cn(Cc2ccc(C#N)cc2C)cn1. The monoisotopic (exact) mass is 254 g/mol. The van der Waals surface area contributed by atoms with Gasteiger partial charge in [-0.25, -0.2) is 4.98 Å². The number of nitrogens with zero attached hydrogens (tertiary/aromatic N) is 3. The number of aromatic nitrogens is 2. The molecule has 0 aliphatic carbocycles. The number of hydrogen-bond donors (Lipinski definition) is 1. The summed E-state index contributed by atoms with van der Waals surface area (Å²) < 4.78 is 2.07. The van der Waals surface area contributed by atoms with Crippen LogP contribution in [0.5, 0.6) is 0 Å². The van der Waals surface area contributed by atoms with Crippen LogP contribution < -0.4 is 5.32 Å². The molecule has 98 valence electrons. The van der Waals surface area contributed by atoms with E-state index in [9.17, 15) is 0 Å². The van der Waals surface area contributed by atoms with Gasteiger partial charge in [0.2, 0.25) is 0 Å². The fourth-order valence-electron chi connectivity index (χ4n) is 1.98. The molecule has 1 aromatic heterocycles. The Morgan fingerprint density at radius 2 is 2.26 bits per heavy atom. The molecule has 0 aliphatic heterocycles. The number of benzene rings is 1. The van der Waals surface area contributed by atoms with Crippen molar-refractivity contribution in [2.75, 3.05) is 6.54 Å². The second-order valence-corrected chi connectivity index (χ2v) is 4.57. The van der Waals surface area contributed by atoms with E-state index in [2.05, 4.69) is 34.1 Å². The first-order chi connectivity index (χ1) is 9.22. The van der Waals surface area contributed by atoms with Gasteiger partial charge >= 0.3 is 0 Å². The molecule has 0 unspecified atom stereocenters. The Morgan fingerprint density at radius 1 is 1.42 bits per heavy atom. The van der Waals surface area contributed by atoms with Gasteiger partial charge in [-0.05, 0) is 36.7 Å². The van der Waals surface area contributed by atoms with Gasteiger partial charge in [-0.3, -0.25) is 0 Å². The first kappa shape index (κ1) is 13.3. The van der Waals surface area contributed by atoms with E-state index >= 15 is 0 Å². The summed E-state index contributed by atoms with van der Waals surface area (Å²) in [6.07, 6.45) is 3.91. The van der Waals surface area contributed by atoms with E-state index in [0.717, 1.165) is 30.9 Å². The second kappa shape index (κ2) is 6.17. The number of aryl methyl sites for hydroxylation is 1. The lowest BCUT2D eigenvalue weighted by Crippen LogP contribution is -2.11. The normalized spacial score (nSPS) is 10.4. The molecule has 4 heteroatoms. The fraction of sp³-hybridized carbons (Fsp3) is 0.333. The molecule has 4 nitrogen and oxygen atoms in total. The van der Waals surface area contributed by atoms with E-state index < -0.39 is 0 Å². The van der Waals surface area contributed by atoms with Crippen LogP contribution in [0.25, 0.3) is 0 Å². The van der Waals surface area contributed by atoms with E-state index in [1.807, 2.05) is 31.5 Å². The molecule has 19 heavy (non-hydrogen) atoms. The molecular formula is C15H18N4. The standard InChI is InChI=1S/C15H18N4/c1-3-17-8-15-10-19(11-18-15)9-14-5-4-13(7-16)6-12(14)2/h4-6,10-11,17H,3,8-9H2,1-2H3. The van der Waals surface area contributed by atoms with Crippen molar-refractivity contribution in [3.05, 3.63) is 53.1 Å². The first-order valence-corrected chi connectivity index (χ1v) is 6.44. The second-order valence-electron chi connectivity index (χ2n) is 4.57. The highest BCUT2D eigenvalue weighted by Crippen LogP contribution is 2.12. The summed E-state index contributed by atoms with van der Waals surface area (Å²) in [5.41, 5.74) is 4.11. The number of hydrogen-bond acceptors (Lipinski definition) is 3. The number of nitriles is 1. The summed E-state index contributed by atoms with van der Waals surface area (Å²) in [5.74, 6) is 0. The highest BCUT2D eigenvalue weighted by molar-refractivity contribution is 5.37. The Hall–Kier alpha value is -2.12. The van der Waals surface area contributed by atoms with Crippen LogP contribution in [0.2, 0.25) is 0 Å². The molecule has 1 heterocycles. The van der Waals surface area contributed by atoms with Gasteiger partial charge in [0, 0.05) is 19.3 Å². The molecule has 1 N–H and O–H groups in total. The van der Waals surface area contributed by atoms with Gasteiger partial charge in [0.05, 0.1) is 23.7 Å². The van der Waals surface area contributed by atoms with Crippen molar-refractivity contribution in [2.45, 2.75) is 26.9 Å². The minimum absolute atomic E-state index is 0.708. The number of imidazole rings is 1. The lowest BCUT2D eigenvalue weighted by molar-refractivity contribution is 0.712. The lowest BCUT2D eigenvalue weighted by atomic mass is 10.1. The Kier molecular flexibility index (Phi) is 4.32. The third kappa shape index (κ3) is 3.43. The van der Waals surface area contributed by atoms with Crippen LogP contribution in [0.3, 0.4) is 0 Å². The zero-order valence-corrected chi connectivity index (χ0v) is 11.3. The zero-order chi connectivity index (χ0) is 13.7. The molecule has 2 rings (SSSR count). The van der Waals surface area contributed by atoms with Crippen molar-refractivity contribution in [2.24, 2.45) is 0 Å². The molecule has 0 saturated heterocycles. The molecule has 0 bridgehead atoms. The number of nitrogens with one attached hydrogen (secondary N) is 1. The van der Waals surface area contributed by atoms with Gasteiger partial charge in [0.15, 0.2) is 0 Å². The van der Waals surface area contributed by atoms with Crippen LogP contribution in [0.4, 0.5) is 0 Å². The number of rotatable bonds is 5. The Labute approximate surface area is 113 Å². The third-order valence-electron chi connectivity index (χ3n) is 3.07. The molecule has 0 aliphatic rings. The van der Waals surface area contributed by atoms with E-state index in [-0.39, 0.29) is 0 Å². The summed E-state index contributed by atoms with van der Waals surface area (Å²) in [4.78, 5) is 4.36. The van der Waals surface area contributed by atoms with Crippen molar-refractivity contribution in [1.29, 1.82) is 5.26 Å². The quantitative estimate of drug-likeness (QED) is 0.890. The maximum absolute atomic E-state index is 8.86. The Balaban J connectivity index is 2.09. The van der Waals surface area contributed by atoms with E-state index in [1.165, 1.54) is 5.56 Å². The van der Waals surface area contributed by atoms with Gasteiger partial charge in [-0.1, -0.05) is 13.0 Å². The topological polar surface area (TPSA) is 53.6 Å². The minimum atomic E-state index is 0.708. The summed E-state index contributed by atoms with van der Waals surface area (Å²) in [6.45, 7) is 6.65. The molecule has 1 aromatic carbocycles. The largest absolute Gasteiger partial charge is 0.333 e. The molecule has 0 fully saturated rings. The van der Waals surface area contributed by atoms with Crippen LogP contribution in [0.15, 0.2) is 30.7 Å². The van der Waals surface area contributed by atoms with Gasteiger partial charge in [-0.2, -0.15) is 5.26 Å². The fourth-order valence-corrected chi connectivity index (χ4v) is 1.98. The molecule has 0 spiro atoms. The molecule has 0 saturated carbocycles. The van der Waals surface area contributed by atoms with Crippen molar-refractivity contribution < 1.29 is 0 Å². The summed E-state index contributed by atoms with van der Waals surface area (Å²) in [6, 6.07) is 7.95. The lowest BCUT2D eigenvalue weighted by Gasteiger charge is -2.06. The van der Waals surface area contributed by atoms with Crippen LogP contribution in [0.1, 0.15) is 29.3 Å². The maximum Gasteiger partial charge on any atom is 0.0991 e. The predicted molar refractivity (Wildman–Crippen MR) is 74.6 cm³/mol. The maximum atomic E-state index is 8.86. The zero-order valence-electron chi connectivity index (χ0n) is 11.3. The van der Waals surface area contributed by atoms with E-state index in [1.54, 1.807) is 0 Å². The Bertz CT molecular complexity index is 592. The molecule has 0 atom stereocenters. The van der Waals surface area contributed by atoms with Crippen molar-refractivity contribution >= 4 is 0 Å². The molecule has 0 radical (unpaired) electrons. The van der Waals surface area contributed by atoms with Gasteiger partial charge < -0.3 is 9.88 Å². The van der Waals surface area contributed by atoms with Crippen LogP contribution >= 0.6 is 0 Å². The van der Waals surface area contributed by atoms with E-state index in [4.69, 9.17) is 5.26 Å². The van der Waals surface area contributed by atoms with Gasteiger partial charge in [0.1, 0.15) is 0 Å². The van der Waals surface area contributed by atoms with Crippen LogP contribution in [-0.4, -0.2) is 16.1 Å². The van der Waals surface area contributed by atoms with Crippen LogP contribution in [-0.2, 0) is 13.1 Å². The highest BCUT2D eigenvalue weighted by Gasteiger charge is 2.03. The van der Waals surface area contributed by atoms with Crippen molar-refractivity contribution in [3.63, 3.8) is 0 Å². The summed E-state index contributed by atoms with van der Waals surface area (Å²) >= 11 is 0. The summed E-state index contributed by atoms with van der Waals surface area (Å²) in [5, 5.41) is 12.1. The highest BCUT2D eigenvalue weighted by atomic mass is 15.0. The summed E-state index contributed by atoms with van der Waals surface area (Å²) in [7, 11) is 0.